The van der Waals surface area contributed by atoms with Crippen LogP contribution in [0.2, 0.25) is 0 Å². The van der Waals surface area contributed by atoms with Gasteiger partial charge in [0.1, 0.15) is 4.90 Å². The first-order valence-corrected chi connectivity index (χ1v) is 9.87. The number of aliphatic hydroxyl groups is 1. The van der Waals surface area contributed by atoms with Crippen LogP contribution in [0.5, 0.6) is 0 Å². The van der Waals surface area contributed by atoms with E-state index in [2.05, 4.69) is 9.82 Å². The van der Waals surface area contributed by atoms with Gasteiger partial charge in [-0.15, -0.1) is 0 Å². The summed E-state index contributed by atoms with van der Waals surface area (Å²) in [5.41, 5.74) is 1.11. The van der Waals surface area contributed by atoms with Gasteiger partial charge in [-0.2, -0.15) is 16.9 Å². The van der Waals surface area contributed by atoms with Gasteiger partial charge in [0.15, 0.2) is 0 Å². The molecule has 0 fully saturated rings. The molecule has 0 saturated carbocycles. The Morgan fingerprint density at radius 1 is 1.43 bits per heavy atom. The Morgan fingerprint density at radius 2 is 2.10 bits per heavy atom. The molecule has 122 valence electrons. The highest BCUT2D eigenvalue weighted by atomic mass is 32.2. The predicted octanol–water partition coefficient (Wildman–Crippen LogP) is 1.30. The summed E-state index contributed by atoms with van der Waals surface area (Å²) in [5, 5.41) is 13.1. The van der Waals surface area contributed by atoms with E-state index in [0.29, 0.717) is 24.4 Å². The van der Waals surface area contributed by atoms with E-state index in [9.17, 15) is 8.42 Å². The van der Waals surface area contributed by atoms with Gasteiger partial charge >= 0.3 is 0 Å². The Balaban J connectivity index is 2.95. The van der Waals surface area contributed by atoms with Crippen LogP contribution in [0, 0.1) is 13.8 Å². The molecule has 1 unspecified atom stereocenters. The highest BCUT2D eigenvalue weighted by molar-refractivity contribution is 7.98. The number of nitrogens with one attached hydrogen (secondary N) is 1. The van der Waals surface area contributed by atoms with Crippen LogP contribution in [0.1, 0.15) is 31.2 Å². The molecule has 0 aliphatic rings. The third kappa shape index (κ3) is 4.98. The molecule has 0 aliphatic heterocycles. The zero-order valence-electron chi connectivity index (χ0n) is 13.1. The molecular weight excluding hydrogens is 310 g/mol. The summed E-state index contributed by atoms with van der Waals surface area (Å²) in [6.45, 7) is 5.89. The predicted molar refractivity (Wildman–Crippen MR) is 86.2 cm³/mol. The van der Waals surface area contributed by atoms with Crippen LogP contribution in [-0.4, -0.2) is 48.0 Å². The summed E-state index contributed by atoms with van der Waals surface area (Å²) >= 11 is 1.70. The molecule has 21 heavy (non-hydrogen) atoms. The Labute approximate surface area is 131 Å². The third-order valence-corrected chi connectivity index (χ3v) is 5.71. The summed E-state index contributed by atoms with van der Waals surface area (Å²) in [6.07, 6.45) is 3.34. The summed E-state index contributed by atoms with van der Waals surface area (Å²) in [5.74, 6) is 0.914. The average molecular weight is 335 g/mol. The average Bonchev–Trinajstić information content (AvgIpc) is 2.68. The minimum Gasteiger partial charge on any atom is -0.396 e. The van der Waals surface area contributed by atoms with Gasteiger partial charge in [0.2, 0.25) is 10.0 Å². The fourth-order valence-corrected chi connectivity index (χ4v) is 4.46. The summed E-state index contributed by atoms with van der Waals surface area (Å²) in [7, 11) is -3.56. The maximum Gasteiger partial charge on any atom is 0.244 e. The van der Waals surface area contributed by atoms with Crippen molar-refractivity contribution < 1.29 is 13.5 Å². The molecule has 0 amide bonds. The zero-order valence-corrected chi connectivity index (χ0v) is 14.7. The van der Waals surface area contributed by atoms with E-state index < -0.39 is 10.0 Å². The van der Waals surface area contributed by atoms with Crippen molar-refractivity contribution in [3.8, 4) is 0 Å². The van der Waals surface area contributed by atoms with Crippen molar-refractivity contribution >= 4 is 21.8 Å². The lowest BCUT2D eigenvalue weighted by atomic mass is 10.3. The topological polar surface area (TPSA) is 84.2 Å². The van der Waals surface area contributed by atoms with Crippen LogP contribution in [0.3, 0.4) is 0 Å². The fraction of sp³-hybridized carbons (Fsp3) is 0.769. The number of rotatable bonds is 9. The van der Waals surface area contributed by atoms with Crippen molar-refractivity contribution in [2.75, 3.05) is 18.6 Å². The second kappa shape index (κ2) is 8.17. The lowest BCUT2D eigenvalue weighted by molar-refractivity contribution is 0.276. The molecule has 6 nitrogen and oxygen atoms in total. The van der Waals surface area contributed by atoms with Crippen molar-refractivity contribution in [3.63, 3.8) is 0 Å². The van der Waals surface area contributed by atoms with Crippen molar-refractivity contribution in [1.82, 2.24) is 14.5 Å². The molecule has 2 N–H and O–H groups in total. The van der Waals surface area contributed by atoms with E-state index >= 15 is 0 Å². The van der Waals surface area contributed by atoms with Crippen LogP contribution in [0.25, 0.3) is 0 Å². The highest BCUT2D eigenvalue weighted by Crippen LogP contribution is 2.20. The molecule has 8 heteroatoms. The van der Waals surface area contributed by atoms with Gasteiger partial charge in [0.25, 0.3) is 0 Å². The smallest absolute Gasteiger partial charge is 0.244 e. The van der Waals surface area contributed by atoms with Crippen molar-refractivity contribution in [1.29, 1.82) is 0 Å². The molecule has 1 atom stereocenters. The molecule has 1 aromatic rings. The molecule has 0 bridgehead atoms. The first kappa shape index (κ1) is 18.5. The maximum atomic E-state index is 12.5. The normalized spacial score (nSPS) is 13.6. The van der Waals surface area contributed by atoms with E-state index in [0.717, 1.165) is 12.2 Å². The van der Waals surface area contributed by atoms with Crippen molar-refractivity contribution in [3.05, 3.63) is 11.4 Å². The molecular formula is C13H25N3O3S2. The number of thioether (sulfide) groups is 1. The molecule has 1 heterocycles. The van der Waals surface area contributed by atoms with E-state index in [1.807, 2.05) is 13.2 Å². The van der Waals surface area contributed by atoms with Crippen LogP contribution in [0.4, 0.5) is 0 Å². The molecule has 0 radical (unpaired) electrons. The monoisotopic (exact) mass is 335 g/mol. The largest absolute Gasteiger partial charge is 0.396 e. The van der Waals surface area contributed by atoms with Gasteiger partial charge in [0.05, 0.1) is 11.4 Å². The lowest BCUT2D eigenvalue weighted by Crippen LogP contribution is -2.33. The van der Waals surface area contributed by atoms with Gasteiger partial charge in [-0.05, 0) is 45.6 Å². The molecule has 0 spiro atoms. The van der Waals surface area contributed by atoms with Gasteiger partial charge in [0, 0.05) is 19.2 Å². The molecule has 1 rings (SSSR count). The zero-order chi connectivity index (χ0) is 16.0. The number of aryl methyl sites for hydroxylation is 2. The number of hydrogen-bond donors (Lipinski definition) is 2. The lowest BCUT2D eigenvalue weighted by Gasteiger charge is -2.14. The van der Waals surface area contributed by atoms with Crippen molar-refractivity contribution in [2.24, 2.45) is 0 Å². The Bertz CT molecular complexity index is 555. The second-order valence-corrected chi connectivity index (χ2v) is 7.74. The minimum absolute atomic E-state index is 0.0599. The quantitative estimate of drug-likeness (QED) is 0.711. The van der Waals surface area contributed by atoms with Crippen LogP contribution >= 0.6 is 11.8 Å². The number of hydrogen-bond acceptors (Lipinski definition) is 5. The second-order valence-electron chi connectivity index (χ2n) is 5.10. The van der Waals surface area contributed by atoms with E-state index in [-0.39, 0.29) is 17.5 Å². The molecule has 1 aromatic heterocycles. The Kier molecular flexibility index (Phi) is 7.19. The first-order valence-electron chi connectivity index (χ1n) is 6.99. The van der Waals surface area contributed by atoms with E-state index in [1.165, 1.54) is 0 Å². The van der Waals surface area contributed by atoms with Gasteiger partial charge in [-0.1, -0.05) is 0 Å². The van der Waals surface area contributed by atoms with Crippen LogP contribution < -0.4 is 4.72 Å². The number of nitrogens with zero attached hydrogens (tertiary/aromatic N) is 2. The SMILES string of the molecule is CSCCC(C)NS(=O)(=O)c1c(C)nn(CCCO)c1C. The highest BCUT2D eigenvalue weighted by Gasteiger charge is 2.25. The summed E-state index contributed by atoms with van der Waals surface area (Å²) in [4.78, 5) is 0.261. The Morgan fingerprint density at radius 3 is 2.67 bits per heavy atom. The molecule has 0 aliphatic carbocycles. The Hall–Kier alpha value is -0.570. The minimum atomic E-state index is -3.56. The standard InChI is InChI=1S/C13H25N3O3S2/c1-10(6-9-20-4)15-21(18,19)13-11(2)14-16(12(13)3)7-5-8-17/h10,15,17H,5-9H2,1-4H3. The summed E-state index contributed by atoms with van der Waals surface area (Å²) in [6, 6.07) is -0.109. The van der Waals surface area contributed by atoms with Gasteiger partial charge < -0.3 is 5.11 Å². The first-order chi connectivity index (χ1) is 9.83. The van der Waals surface area contributed by atoms with Gasteiger partial charge in [-0.3, -0.25) is 4.68 Å². The van der Waals surface area contributed by atoms with Crippen LogP contribution in [-0.2, 0) is 16.6 Å². The van der Waals surface area contributed by atoms with Crippen molar-refractivity contribution in [2.45, 2.75) is 51.1 Å². The molecule has 0 saturated heterocycles. The van der Waals surface area contributed by atoms with Gasteiger partial charge in [-0.25, -0.2) is 13.1 Å². The van der Waals surface area contributed by atoms with E-state index in [1.54, 1.807) is 30.3 Å². The number of sulfonamides is 1. The van der Waals surface area contributed by atoms with E-state index in [4.69, 9.17) is 5.11 Å². The third-order valence-electron chi connectivity index (χ3n) is 3.22. The summed E-state index contributed by atoms with van der Waals surface area (Å²) < 4.78 is 29.4. The van der Waals surface area contributed by atoms with Crippen LogP contribution in [0.15, 0.2) is 4.90 Å². The fourth-order valence-electron chi connectivity index (χ4n) is 2.18. The number of aromatic nitrogens is 2. The maximum absolute atomic E-state index is 12.5. The molecule has 0 aromatic carbocycles. The number of aliphatic hydroxyl groups excluding tert-OH is 1.